The Bertz CT molecular complexity index is 3340. The maximum atomic E-state index is 2.38. The molecule has 2 heterocycles. The second-order valence-electron chi connectivity index (χ2n) is 16.8. The summed E-state index contributed by atoms with van der Waals surface area (Å²) in [5, 5.41) is 5.10. The van der Waals surface area contributed by atoms with Crippen molar-refractivity contribution in [3.05, 3.63) is 265 Å². The summed E-state index contributed by atoms with van der Waals surface area (Å²) in [6.45, 7) is 0. The van der Waals surface area contributed by atoms with E-state index in [0.29, 0.717) is 0 Å². The summed E-state index contributed by atoms with van der Waals surface area (Å²) in [6, 6.07) is 89.5. The van der Waals surface area contributed by atoms with Gasteiger partial charge < -0.3 is 9.13 Å². The van der Waals surface area contributed by atoms with Crippen LogP contribution < -0.4 is 0 Å². The van der Waals surface area contributed by atoms with Gasteiger partial charge in [-0.2, -0.15) is 0 Å². The highest BCUT2D eigenvalue weighted by Gasteiger charge is 2.45. The first kappa shape index (κ1) is 35.5. The Kier molecular flexibility index (Phi) is 7.85. The van der Waals surface area contributed by atoms with Gasteiger partial charge in [0.25, 0.3) is 0 Å². The quantitative estimate of drug-likeness (QED) is 0.159. The molecule has 0 atom stereocenters. The molecule has 0 spiro atoms. The molecule has 0 saturated heterocycles. The minimum atomic E-state index is -0.481. The molecule has 0 N–H and O–H groups in total. The molecule has 1 aliphatic rings. The number of benzene rings is 10. The predicted octanol–water partition coefficient (Wildman–Crippen LogP) is 15.6. The Morgan fingerprint density at radius 3 is 0.841 bits per heavy atom. The molecule has 10 aromatic carbocycles. The van der Waals surface area contributed by atoms with Crippen molar-refractivity contribution < 1.29 is 0 Å². The van der Waals surface area contributed by atoms with Gasteiger partial charge >= 0.3 is 0 Å². The zero-order chi connectivity index (χ0) is 41.5. The first-order valence-electron chi connectivity index (χ1n) is 21.8. The smallest absolute Gasteiger partial charge is 0.0713 e. The normalized spacial score (nSPS) is 12.9. The fraction of sp³-hybridized carbons (Fsp3) is 0.0164. The SMILES string of the molecule is c1ccc2c(c1)-c1ccccc1C2(c1ccc(-c2ccc(-n3c4ccccc4c4ccccc43)cc2)cc1)c1ccc(-c2ccc(-n3c4ccccc4c4ccccc43)cc2)cc1. The molecule has 0 saturated carbocycles. The summed E-state index contributed by atoms with van der Waals surface area (Å²) in [7, 11) is 0. The maximum Gasteiger partial charge on any atom is 0.0713 e. The minimum Gasteiger partial charge on any atom is -0.309 e. The van der Waals surface area contributed by atoms with Crippen LogP contribution in [-0.2, 0) is 5.41 Å². The molecule has 12 aromatic rings. The third kappa shape index (κ3) is 5.25. The molecule has 1 aliphatic carbocycles. The summed E-state index contributed by atoms with van der Waals surface area (Å²) in [6.07, 6.45) is 0. The van der Waals surface area contributed by atoms with E-state index in [0.717, 1.165) is 11.4 Å². The molecule has 63 heavy (non-hydrogen) atoms. The summed E-state index contributed by atoms with van der Waals surface area (Å²) >= 11 is 0. The Labute approximate surface area is 366 Å². The van der Waals surface area contributed by atoms with Gasteiger partial charge in [0.05, 0.1) is 27.5 Å². The van der Waals surface area contributed by atoms with Crippen LogP contribution >= 0.6 is 0 Å². The van der Waals surface area contributed by atoms with E-state index in [1.165, 1.54) is 99.2 Å². The van der Waals surface area contributed by atoms with Crippen LogP contribution in [0.2, 0.25) is 0 Å². The van der Waals surface area contributed by atoms with Gasteiger partial charge in [0, 0.05) is 32.9 Å². The average molecular weight is 801 g/mol. The fourth-order valence-corrected chi connectivity index (χ4v) is 10.9. The summed E-state index contributed by atoms with van der Waals surface area (Å²) in [5.41, 5.74) is 19.2. The Morgan fingerprint density at radius 2 is 0.508 bits per heavy atom. The summed E-state index contributed by atoms with van der Waals surface area (Å²) < 4.78 is 4.76. The highest BCUT2D eigenvalue weighted by Crippen LogP contribution is 2.56. The highest BCUT2D eigenvalue weighted by atomic mass is 15.0. The lowest BCUT2D eigenvalue weighted by Gasteiger charge is -2.34. The number of hydrogen-bond acceptors (Lipinski definition) is 0. The van der Waals surface area contributed by atoms with Gasteiger partial charge in [-0.15, -0.1) is 0 Å². The average Bonchev–Trinajstić information content (AvgIpc) is 3.99. The largest absolute Gasteiger partial charge is 0.309 e. The van der Waals surface area contributed by atoms with Crippen molar-refractivity contribution >= 4 is 43.6 Å². The number of rotatable bonds is 6. The van der Waals surface area contributed by atoms with Crippen LogP contribution in [0.5, 0.6) is 0 Å². The molecular formula is C61H40N2. The van der Waals surface area contributed by atoms with E-state index in [1.54, 1.807) is 0 Å². The van der Waals surface area contributed by atoms with Crippen molar-refractivity contribution in [3.8, 4) is 44.8 Å². The van der Waals surface area contributed by atoms with E-state index in [9.17, 15) is 0 Å². The highest BCUT2D eigenvalue weighted by molar-refractivity contribution is 6.10. The molecule has 0 amide bonds. The van der Waals surface area contributed by atoms with Gasteiger partial charge in [-0.25, -0.2) is 0 Å². The number of fused-ring (bicyclic) bond motifs is 9. The van der Waals surface area contributed by atoms with Gasteiger partial charge in [-0.1, -0.05) is 194 Å². The van der Waals surface area contributed by atoms with Gasteiger partial charge in [-0.3, -0.25) is 0 Å². The van der Waals surface area contributed by atoms with Crippen molar-refractivity contribution in [2.24, 2.45) is 0 Å². The fourth-order valence-electron chi connectivity index (χ4n) is 10.9. The van der Waals surface area contributed by atoms with Crippen molar-refractivity contribution in [3.63, 3.8) is 0 Å². The number of hydrogen-bond donors (Lipinski definition) is 0. The topological polar surface area (TPSA) is 9.86 Å². The van der Waals surface area contributed by atoms with Crippen LogP contribution in [0.3, 0.4) is 0 Å². The summed E-state index contributed by atoms with van der Waals surface area (Å²) in [4.78, 5) is 0. The van der Waals surface area contributed by atoms with E-state index >= 15 is 0 Å². The van der Waals surface area contributed by atoms with Crippen LogP contribution in [0.1, 0.15) is 22.3 Å². The molecule has 294 valence electrons. The van der Waals surface area contributed by atoms with Crippen molar-refractivity contribution in [2.75, 3.05) is 0 Å². The second-order valence-corrected chi connectivity index (χ2v) is 16.8. The molecule has 2 nitrogen and oxygen atoms in total. The standard InChI is InChI=1S/C61H40N2/c1-7-19-55-49(13-1)50-14-2-8-20-56(50)61(55,45-33-25-41(26-34-45)43-29-37-47(38-30-43)62-57-21-9-3-15-51(57)52-16-4-10-22-58(52)62)46-35-27-42(28-36-46)44-31-39-48(40-32-44)63-59-23-11-5-17-53(59)54-18-6-12-24-60(54)63/h1-40H. The third-order valence-corrected chi connectivity index (χ3v) is 13.7. The molecular weight excluding hydrogens is 761 g/mol. The van der Waals surface area contributed by atoms with E-state index in [4.69, 9.17) is 0 Å². The van der Waals surface area contributed by atoms with Crippen molar-refractivity contribution in [1.29, 1.82) is 0 Å². The van der Waals surface area contributed by atoms with Crippen LogP contribution in [0.25, 0.3) is 88.4 Å². The summed E-state index contributed by atoms with van der Waals surface area (Å²) in [5.74, 6) is 0. The lowest BCUT2D eigenvalue weighted by Crippen LogP contribution is -2.28. The lowest BCUT2D eigenvalue weighted by atomic mass is 9.67. The Hall–Kier alpha value is -8.20. The maximum absolute atomic E-state index is 2.38. The predicted molar refractivity (Wildman–Crippen MR) is 263 cm³/mol. The van der Waals surface area contributed by atoms with Crippen LogP contribution in [0, 0.1) is 0 Å². The zero-order valence-corrected chi connectivity index (χ0v) is 34.5. The first-order valence-corrected chi connectivity index (χ1v) is 21.8. The van der Waals surface area contributed by atoms with E-state index in [1.807, 2.05) is 0 Å². The van der Waals surface area contributed by atoms with Gasteiger partial charge in [0.1, 0.15) is 0 Å². The molecule has 2 heteroatoms. The van der Waals surface area contributed by atoms with Crippen LogP contribution in [0.15, 0.2) is 243 Å². The van der Waals surface area contributed by atoms with E-state index in [-0.39, 0.29) is 0 Å². The van der Waals surface area contributed by atoms with E-state index in [2.05, 4.69) is 252 Å². The number of aromatic nitrogens is 2. The Balaban J connectivity index is 0.878. The van der Waals surface area contributed by atoms with Crippen molar-refractivity contribution in [1.82, 2.24) is 9.13 Å². The molecule has 0 aliphatic heterocycles. The second kappa shape index (κ2) is 13.9. The van der Waals surface area contributed by atoms with E-state index < -0.39 is 5.41 Å². The molecule has 13 rings (SSSR count). The Morgan fingerprint density at radius 1 is 0.238 bits per heavy atom. The minimum absolute atomic E-state index is 0.481. The molecule has 0 bridgehead atoms. The van der Waals surface area contributed by atoms with Gasteiger partial charge in [0.2, 0.25) is 0 Å². The number of nitrogens with zero attached hydrogens (tertiary/aromatic N) is 2. The molecule has 2 aromatic heterocycles. The zero-order valence-electron chi connectivity index (χ0n) is 34.5. The van der Waals surface area contributed by atoms with Crippen LogP contribution in [-0.4, -0.2) is 9.13 Å². The first-order chi connectivity index (χ1) is 31.3. The lowest BCUT2D eigenvalue weighted by molar-refractivity contribution is 0.769. The molecule has 0 radical (unpaired) electrons. The van der Waals surface area contributed by atoms with Crippen molar-refractivity contribution in [2.45, 2.75) is 5.41 Å². The third-order valence-electron chi connectivity index (χ3n) is 13.7. The number of para-hydroxylation sites is 4. The molecule has 0 fully saturated rings. The van der Waals surface area contributed by atoms with Gasteiger partial charge in [0.15, 0.2) is 0 Å². The van der Waals surface area contributed by atoms with Gasteiger partial charge in [-0.05, 0) is 104 Å². The molecule has 0 unspecified atom stereocenters. The van der Waals surface area contributed by atoms with Crippen LogP contribution in [0.4, 0.5) is 0 Å². The monoisotopic (exact) mass is 800 g/mol.